The van der Waals surface area contributed by atoms with Crippen molar-refractivity contribution < 1.29 is 0 Å². The van der Waals surface area contributed by atoms with Gasteiger partial charge in [-0.15, -0.1) is 0 Å². The van der Waals surface area contributed by atoms with E-state index in [4.69, 9.17) is 0 Å². The average molecular weight is 179 g/mol. The van der Waals surface area contributed by atoms with Crippen molar-refractivity contribution in [1.82, 2.24) is 0 Å². The minimum Gasteiger partial charge on any atom is -0.266 e. The van der Waals surface area contributed by atoms with Crippen LogP contribution in [0.5, 0.6) is 0 Å². The summed E-state index contributed by atoms with van der Waals surface area (Å²) in [4.78, 5) is 4.31. The van der Waals surface area contributed by atoms with Crippen LogP contribution in [0.15, 0.2) is 28.9 Å². The summed E-state index contributed by atoms with van der Waals surface area (Å²) in [5.74, 6) is 0.510. The Hall–Kier alpha value is -0.850. The maximum Gasteiger partial charge on any atom is 0.0304 e. The zero-order chi connectivity index (χ0) is 10.4. The highest BCUT2D eigenvalue weighted by molar-refractivity contribution is 5.79. The summed E-state index contributed by atoms with van der Waals surface area (Å²) >= 11 is 0. The zero-order valence-electron chi connectivity index (χ0n) is 9.52. The molecule has 0 atom stereocenters. The minimum atomic E-state index is 0.510. The summed E-state index contributed by atoms with van der Waals surface area (Å²) < 4.78 is 0. The summed E-state index contributed by atoms with van der Waals surface area (Å²) in [5.41, 5.74) is 3.55. The van der Waals surface area contributed by atoms with Crippen LogP contribution in [-0.4, -0.2) is 5.71 Å². The Morgan fingerprint density at radius 3 is 2.23 bits per heavy atom. The van der Waals surface area contributed by atoms with E-state index >= 15 is 0 Å². The fourth-order valence-corrected chi connectivity index (χ4v) is 1.05. The molecule has 0 radical (unpaired) electrons. The number of aliphatic imine (C=N–C) groups is 1. The third-order valence-electron chi connectivity index (χ3n) is 1.92. The lowest BCUT2D eigenvalue weighted by Crippen LogP contribution is -1.96. The van der Waals surface area contributed by atoms with Crippen LogP contribution in [0.25, 0.3) is 0 Å². The molecule has 0 aromatic heterocycles. The van der Waals surface area contributed by atoms with E-state index in [1.807, 2.05) is 20.0 Å². The Morgan fingerprint density at radius 1 is 1.38 bits per heavy atom. The lowest BCUT2D eigenvalue weighted by molar-refractivity contribution is 0.765. The van der Waals surface area contributed by atoms with Crippen LogP contribution in [0.2, 0.25) is 0 Å². The van der Waals surface area contributed by atoms with Crippen LogP contribution in [0.3, 0.4) is 0 Å². The fourth-order valence-electron chi connectivity index (χ4n) is 1.05. The quantitative estimate of drug-likeness (QED) is 0.457. The van der Waals surface area contributed by atoms with E-state index in [9.17, 15) is 0 Å². The van der Waals surface area contributed by atoms with Gasteiger partial charge in [0.2, 0.25) is 0 Å². The molecule has 13 heavy (non-hydrogen) atoms. The molecule has 0 aromatic carbocycles. The SMILES string of the molecule is C=C(CC)/C(=C\N=C(C)C)C(C)C. The summed E-state index contributed by atoms with van der Waals surface area (Å²) in [6.45, 7) is 14.5. The molecule has 0 unspecified atom stereocenters. The van der Waals surface area contributed by atoms with E-state index in [-0.39, 0.29) is 0 Å². The Bertz CT molecular complexity index is 228. The second kappa shape index (κ2) is 5.74. The van der Waals surface area contributed by atoms with Crippen molar-refractivity contribution >= 4 is 5.71 Å². The van der Waals surface area contributed by atoms with Crippen molar-refractivity contribution in [3.63, 3.8) is 0 Å². The van der Waals surface area contributed by atoms with Crippen LogP contribution in [-0.2, 0) is 0 Å². The monoisotopic (exact) mass is 179 g/mol. The predicted octanol–water partition coefficient (Wildman–Crippen LogP) is 3.97. The first-order valence-electron chi connectivity index (χ1n) is 4.88. The lowest BCUT2D eigenvalue weighted by atomic mass is 9.96. The van der Waals surface area contributed by atoms with Gasteiger partial charge in [-0.3, -0.25) is 4.99 Å². The van der Waals surface area contributed by atoms with Crippen molar-refractivity contribution in [2.75, 3.05) is 0 Å². The summed E-state index contributed by atoms with van der Waals surface area (Å²) in [6, 6.07) is 0. The largest absolute Gasteiger partial charge is 0.266 e. The highest BCUT2D eigenvalue weighted by atomic mass is 14.7. The first-order chi connectivity index (χ1) is 5.99. The molecule has 0 heterocycles. The van der Waals surface area contributed by atoms with E-state index in [0.29, 0.717) is 5.92 Å². The van der Waals surface area contributed by atoms with Gasteiger partial charge < -0.3 is 0 Å². The second-order valence-corrected chi connectivity index (χ2v) is 3.77. The van der Waals surface area contributed by atoms with Crippen molar-refractivity contribution in [3.05, 3.63) is 23.9 Å². The van der Waals surface area contributed by atoms with Gasteiger partial charge >= 0.3 is 0 Å². The third kappa shape index (κ3) is 4.66. The normalized spacial score (nSPS) is 11.7. The Balaban J connectivity index is 4.71. The highest BCUT2D eigenvalue weighted by Gasteiger charge is 2.04. The molecule has 0 bridgehead atoms. The van der Waals surface area contributed by atoms with Gasteiger partial charge in [-0.05, 0) is 31.8 Å². The molecule has 0 N–H and O–H groups in total. The topological polar surface area (TPSA) is 12.4 Å². The molecule has 74 valence electrons. The Morgan fingerprint density at radius 2 is 1.92 bits per heavy atom. The standard InChI is InChI=1S/C12H21N/c1-7-11(6)12(9(2)3)8-13-10(4)5/h8-9H,6-7H2,1-5H3/b12-8-. The van der Waals surface area contributed by atoms with E-state index in [1.54, 1.807) is 0 Å². The Labute approximate surface area is 82.3 Å². The van der Waals surface area contributed by atoms with Gasteiger partial charge in [0.1, 0.15) is 0 Å². The predicted molar refractivity (Wildman–Crippen MR) is 61.1 cm³/mol. The van der Waals surface area contributed by atoms with Crippen LogP contribution in [0, 0.1) is 5.92 Å². The molecule has 0 aliphatic carbocycles. The molecule has 0 saturated heterocycles. The molecule has 0 aliphatic rings. The lowest BCUT2D eigenvalue weighted by Gasteiger charge is -2.11. The van der Waals surface area contributed by atoms with Crippen molar-refractivity contribution in [1.29, 1.82) is 0 Å². The van der Waals surface area contributed by atoms with Crippen LogP contribution in [0.1, 0.15) is 41.0 Å². The zero-order valence-corrected chi connectivity index (χ0v) is 9.52. The summed E-state index contributed by atoms with van der Waals surface area (Å²) in [5, 5.41) is 0. The van der Waals surface area contributed by atoms with E-state index in [1.165, 1.54) is 11.1 Å². The van der Waals surface area contributed by atoms with Crippen molar-refractivity contribution in [3.8, 4) is 0 Å². The molecule has 0 spiro atoms. The van der Waals surface area contributed by atoms with Gasteiger partial charge in [-0.25, -0.2) is 0 Å². The summed E-state index contributed by atoms with van der Waals surface area (Å²) in [7, 11) is 0. The highest BCUT2D eigenvalue weighted by Crippen LogP contribution is 2.20. The van der Waals surface area contributed by atoms with Crippen LogP contribution >= 0.6 is 0 Å². The van der Waals surface area contributed by atoms with Crippen LogP contribution in [0.4, 0.5) is 0 Å². The van der Waals surface area contributed by atoms with Gasteiger partial charge in [-0.1, -0.05) is 32.9 Å². The van der Waals surface area contributed by atoms with Crippen molar-refractivity contribution in [2.45, 2.75) is 41.0 Å². The first-order valence-corrected chi connectivity index (χ1v) is 4.88. The molecule has 0 aromatic rings. The number of hydrogen-bond donors (Lipinski definition) is 0. The first kappa shape index (κ1) is 12.2. The maximum atomic E-state index is 4.31. The number of nitrogens with zero attached hydrogens (tertiary/aromatic N) is 1. The third-order valence-corrected chi connectivity index (χ3v) is 1.92. The van der Waals surface area contributed by atoms with Gasteiger partial charge in [-0.2, -0.15) is 0 Å². The number of rotatable bonds is 4. The van der Waals surface area contributed by atoms with Gasteiger partial charge in [0, 0.05) is 11.9 Å². The molecule has 1 heteroatoms. The average Bonchev–Trinajstić information content (AvgIpc) is 2.03. The van der Waals surface area contributed by atoms with Crippen LogP contribution < -0.4 is 0 Å². The fraction of sp³-hybridized carbons (Fsp3) is 0.583. The Kier molecular flexibility index (Phi) is 5.36. The van der Waals surface area contributed by atoms with Gasteiger partial charge in [0.05, 0.1) is 0 Å². The smallest absolute Gasteiger partial charge is 0.0304 e. The summed E-state index contributed by atoms with van der Waals surface area (Å²) in [6.07, 6.45) is 2.95. The molecule has 0 amide bonds. The second-order valence-electron chi connectivity index (χ2n) is 3.77. The number of hydrogen-bond acceptors (Lipinski definition) is 1. The molecule has 0 rings (SSSR count). The molecular weight excluding hydrogens is 158 g/mol. The maximum absolute atomic E-state index is 4.31. The minimum absolute atomic E-state index is 0.510. The molecular formula is C12H21N. The van der Waals surface area contributed by atoms with E-state index < -0.39 is 0 Å². The van der Waals surface area contributed by atoms with Crippen molar-refractivity contribution in [2.24, 2.45) is 10.9 Å². The number of allylic oxidation sites excluding steroid dienone is 2. The molecule has 0 aliphatic heterocycles. The van der Waals surface area contributed by atoms with Gasteiger partial charge in [0.25, 0.3) is 0 Å². The van der Waals surface area contributed by atoms with Gasteiger partial charge in [0.15, 0.2) is 0 Å². The van der Waals surface area contributed by atoms with E-state index in [2.05, 4.69) is 32.3 Å². The molecule has 1 nitrogen and oxygen atoms in total. The molecule has 0 fully saturated rings. The van der Waals surface area contributed by atoms with E-state index in [0.717, 1.165) is 12.1 Å². The molecule has 0 saturated carbocycles.